The van der Waals surface area contributed by atoms with Gasteiger partial charge in [0, 0.05) is 0 Å². The van der Waals surface area contributed by atoms with E-state index in [1.54, 1.807) is 0 Å². The zero-order valence-electron chi connectivity index (χ0n) is 7.07. The molecule has 0 aliphatic carbocycles. The van der Waals surface area contributed by atoms with Crippen molar-refractivity contribution in [2.75, 3.05) is 5.88 Å². The van der Waals surface area contributed by atoms with Gasteiger partial charge in [-0.1, -0.05) is 6.07 Å². The van der Waals surface area contributed by atoms with E-state index in [2.05, 4.69) is 4.74 Å². The van der Waals surface area contributed by atoms with Gasteiger partial charge in [0.25, 0.3) is 0 Å². The smallest absolute Gasteiger partial charge is 0.326 e. The van der Waals surface area contributed by atoms with Gasteiger partial charge in [-0.2, -0.15) is 0 Å². The Morgan fingerprint density at radius 1 is 1.57 bits per heavy atom. The van der Waals surface area contributed by atoms with E-state index in [9.17, 15) is 14.7 Å². The Bertz CT molecular complexity index is 362. The number of benzene rings is 1. The van der Waals surface area contributed by atoms with Crippen molar-refractivity contribution in [3.05, 3.63) is 23.8 Å². The number of ether oxygens (including phenoxy) is 1. The number of aromatic hydroxyl groups is 1. The second-order valence-electron chi connectivity index (χ2n) is 2.42. The highest BCUT2D eigenvalue weighted by Gasteiger charge is 2.12. The zero-order valence-corrected chi connectivity index (χ0v) is 7.82. The number of carbonyl (C=O) groups excluding carboxylic acids is 2. The lowest BCUT2D eigenvalue weighted by atomic mass is 10.2. The molecule has 4 nitrogen and oxygen atoms in total. The second-order valence-corrected chi connectivity index (χ2v) is 2.69. The number of para-hydroxylation sites is 1. The van der Waals surface area contributed by atoms with Crippen LogP contribution in [-0.4, -0.2) is 23.2 Å². The number of esters is 1. The summed E-state index contributed by atoms with van der Waals surface area (Å²) in [6, 6.07) is 4.20. The zero-order chi connectivity index (χ0) is 10.6. The second kappa shape index (κ2) is 4.62. The van der Waals surface area contributed by atoms with Crippen molar-refractivity contribution < 1.29 is 19.4 Å². The molecule has 0 unspecified atom stereocenters. The summed E-state index contributed by atoms with van der Waals surface area (Å²) < 4.78 is 4.66. The number of halogens is 1. The molecule has 0 bridgehead atoms. The third-order valence-corrected chi connectivity index (χ3v) is 1.69. The Labute approximate surface area is 85.1 Å². The predicted octanol–water partition coefficient (Wildman–Crippen LogP) is 1.35. The van der Waals surface area contributed by atoms with E-state index in [0.717, 1.165) is 0 Å². The number of rotatable bonds is 3. The minimum absolute atomic E-state index is 0.100. The molecule has 0 aliphatic rings. The first kappa shape index (κ1) is 10.5. The van der Waals surface area contributed by atoms with E-state index in [0.29, 0.717) is 6.29 Å². The van der Waals surface area contributed by atoms with Crippen LogP contribution in [0.15, 0.2) is 18.2 Å². The van der Waals surface area contributed by atoms with Crippen LogP contribution in [0.4, 0.5) is 0 Å². The van der Waals surface area contributed by atoms with Gasteiger partial charge in [-0.3, -0.25) is 9.59 Å². The molecule has 0 amide bonds. The predicted molar refractivity (Wildman–Crippen MR) is 49.8 cm³/mol. The summed E-state index contributed by atoms with van der Waals surface area (Å²) in [4.78, 5) is 21.3. The van der Waals surface area contributed by atoms with E-state index >= 15 is 0 Å². The maximum atomic E-state index is 10.8. The number of aldehydes is 1. The molecule has 0 radical (unpaired) electrons. The molecule has 1 N–H and O–H groups in total. The fourth-order valence-electron chi connectivity index (χ4n) is 0.887. The van der Waals surface area contributed by atoms with Gasteiger partial charge in [-0.25, -0.2) is 0 Å². The van der Waals surface area contributed by atoms with Crippen molar-refractivity contribution in [3.8, 4) is 11.5 Å². The molecule has 5 heteroatoms. The number of phenols is 1. The molecule has 0 aromatic heterocycles. The normalized spacial score (nSPS) is 9.50. The summed E-state index contributed by atoms with van der Waals surface area (Å²) in [5.74, 6) is -1.50. The van der Waals surface area contributed by atoms with Crippen molar-refractivity contribution in [3.63, 3.8) is 0 Å². The lowest BCUT2D eigenvalue weighted by Gasteiger charge is -2.06. The van der Waals surface area contributed by atoms with Crippen molar-refractivity contribution in [2.45, 2.75) is 0 Å². The molecule has 0 heterocycles. The average Bonchev–Trinajstić information content (AvgIpc) is 2.20. The average molecular weight is 215 g/mol. The highest BCUT2D eigenvalue weighted by molar-refractivity contribution is 6.26. The fraction of sp³-hybridized carbons (Fsp3) is 0.111. The van der Waals surface area contributed by atoms with E-state index in [1.165, 1.54) is 18.2 Å². The van der Waals surface area contributed by atoms with Gasteiger partial charge in [-0.05, 0) is 12.1 Å². The Hall–Kier alpha value is -1.55. The van der Waals surface area contributed by atoms with Gasteiger partial charge < -0.3 is 9.84 Å². The summed E-state index contributed by atoms with van der Waals surface area (Å²) in [7, 11) is 0. The van der Waals surface area contributed by atoms with Crippen LogP contribution in [0.2, 0.25) is 0 Å². The van der Waals surface area contributed by atoms with Crippen LogP contribution in [0.5, 0.6) is 11.5 Å². The summed E-state index contributed by atoms with van der Waals surface area (Å²) in [5.41, 5.74) is 0.100. The van der Waals surface area contributed by atoms with E-state index in [-0.39, 0.29) is 22.9 Å². The minimum Gasteiger partial charge on any atom is -0.504 e. The van der Waals surface area contributed by atoms with E-state index < -0.39 is 5.97 Å². The number of hydrogen-bond donors (Lipinski definition) is 1. The molecule has 14 heavy (non-hydrogen) atoms. The van der Waals surface area contributed by atoms with Crippen LogP contribution in [0.3, 0.4) is 0 Å². The molecule has 0 fully saturated rings. The number of carbonyl (C=O) groups is 2. The maximum absolute atomic E-state index is 10.8. The Morgan fingerprint density at radius 3 is 2.86 bits per heavy atom. The van der Waals surface area contributed by atoms with Gasteiger partial charge >= 0.3 is 5.97 Å². The highest BCUT2D eigenvalue weighted by atomic mass is 35.5. The maximum Gasteiger partial charge on any atom is 0.326 e. The first-order valence-corrected chi connectivity index (χ1v) is 4.26. The van der Waals surface area contributed by atoms with E-state index in [4.69, 9.17) is 11.6 Å². The molecule has 0 aliphatic heterocycles. The van der Waals surface area contributed by atoms with Crippen LogP contribution in [-0.2, 0) is 4.79 Å². The van der Waals surface area contributed by atoms with Crippen LogP contribution < -0.4 is 4.74 Å². The molecular weight excluding hydrogens is 208 g/mol. The first-order valence-electron chi connectivity index (χ1n) is 3.73. The molecule has 1 rings (SSSR count). The van der Waals surface area contributed by atoms with Gasteiger partial charge in [0.1, 0.15) is 5.88 Å². The highest BCUT2D eigenvalue weighted by Crippen LogP contribution is 2.28. The summed E-state index contributed by atoms with van der Waals surface area (Å²) in [5, 5.41) is 9.29. The molecule has 0 saturated heterocycles. The number of phenolic OH excluding ortho intramolecular Hbond substituents is 1. The largest absolute Gasteiger partial charge is 0.504 e. The van der Waals surface area contributed by atoms with Crippen LogP contribution in [0, 0.1) is 0 Å². The van der Waals surface area contributed by atoms with Gasteiger partial charge in [0.2, 0.25) is 0 Å². The minimum atomic E-state index is -0.726. The molecule has 0 saturated carbocycles. The monoisotopic (exact) mass is 214 g/mol. The summed E-state index contributed by atoms with van der Waals surface area (Å²) in [6.07, 6.45) is 0.483. The number of alkyl halides is 1. The standard InChI is InChI=1S/C9H7ClO4/c10-4-8(13)14-9-6(5-11)2-1-3-7(9)12/h1-3,5,12H,4H2. The van der Waals surface area contributed by atoms with Crippen LogP contribution in [0.25, 0.3) is 0 Å². The molecule has 1 aromatic rings. The van der Waals surface area contributed by atoms with Crippen molar-refractivity contribution in [1.82, 2.24) is 0 Å². The van der Waals surface area contributed by atoms with Crippen LogP contribution >= 0.6 is 11.6 Å². The molecule has 0 atom stereocenters. The molecule has 74 valence electrons. The molecule has 0 spiro atoms. The number of hydrogen-bond acceptors (Lipinski definition) is 4. The topological polar surface area (TPSA) is 63.6 Å². The molecular formula is C9H7ClO4. The first-order chi connectivity index (χ1) is 6.69. The quantitative estimate of drug-likeness (QED) is 0.357. The third kappa shape index (κ3) is 2.23. The lowest BCUT2D eigenvalue weighted by molar-refractivity contribution is -0.131. The van der Waals surface area contributed by atoms with Crippen molar-refractivity contribution in [2.24, 2.45) is 0 Å². The van der Waals surface area contributed by atoms with E-state index in [1.807, 2.05) is 0 Å². The fourth-order valence-corrected chi connectivity index (χ4v) is 0.942. The van der Waals surface area contributed by atoms with Crippen molar-refractivity contribution in [1.29, 1.82) is 0 Å². The van der Waals surface area contributed by atoms with Gasteiger partial charge in [0.05, 0.1) is 5.56 Å². The Balaban J connectivity index is 3.04. The van der Waals surface area contributed by atoms with Crippen LogP contribution in [0.1, 0.15) is 10.4 Å². The van der Waals surface area contributed by atoms with Crippen molar-refractivity contribution >= 4 is 23.9 Å². The van der Waals surface area contributed by atoms with Gasteiger partial charge in [0.15, 0.2) is 17.8 Å². The molecule has 1 aromatic carbocycles. The Kier molecular flexibility index (Phi) is 3.48. The SMILES string of the molecule is O=Cc1cccc(O)c1OC(=O)CCl. The third-order valence-electron chi connectivity index (χ3n) is 1.48. The Morgan fingerprint density at radius 2 is 2.29 bits per heavy atom. The summed E-state index contributed by atoms with van der Waals surface area (Å²) in [6.45, 7) is 0. The van der Waals surface area contributed by atoms with Gasteiger partial charge in [-0.15, -0.1) is 11.6 Å². The lowest BCUT2D eigenvalue weighted by Crippen LogP contribution is -2.10. The summed E-state index contributed by atoms with van der Waals surface area (Å²) >= 11 is 5.21.